The summed E-state index contributed by atoms with van der Waals surface area (Å²) in [5.41, 5.74) is 0.606. The number of nitrogens with one attached hydrogen (secondary N) is 2. The van der Waals surface area contributed by atoms with Crippen molar-refractivity contribution in [1.82, 2.24) is 14.9 Å². The number of carbonyl (C=O) groups excluding carboxylic acids is 2. The van der Waals surface area contributed by atoms with Crippen LogP contribution in [0.15, 0.2) is 77.7 Å². The Hall–Kier alpha value is -3.23. The van der Waals surface area contributed by atoms with Gasteiger partial charge < -0.3 is 10.2 Å². The monoisotopic (exact) mass is 493 g/mol. The highest BCUT2D eigenvalue weighted by Gasteiger charge is 2.33. The molecule has 3 aromatic rings. The molecule has 1 heterocycles. The molecule has 1 fully saturated rings. The SMILES string of the molecule is CC(C)C(NS(=O)(=O)c1ccc2ccccc2c1)C(=O)N1CCC(NC(=O)c2ccccc2)CC1. The summed E-state index contributed by atoms with van der Waals surface area (Å²) in [4.78, 5) is 27.6. The average Bonchev–Trinajstić information content (AvgIpc) is 2.87. The maximum absolute atomic E-state index is 13.3. The third kappa shape index (κ3) is 5.89. The summed E-state index contributed by atoms with van der Waals surface area (Å²) in [6, 6.07) is 20.6. The quantitative estimate of drug-likeness (QED) is 0.526. The van der Waals surface area contributed by atoms with Crippen molar-refractivity contribution in [3.63, 3.8) is 0 Å². The summed E-state index contributed by atoms with van der Waals surface area (Å²) in [7, 11) is -3.89. The molecular formula is C27H31N3O4S. The highest BCUT2D eigenvalue weighted by molar-refractivity contribution is 7.89. The van der Waals surface area contributed by atoms with Gasteiger partial charge in [0.15, 0.2) is 0 Å². The number of amides is 2. The maximum Gasteiger partial charge on any atom is 0.251 e. The Labute approximate surface area is 206 Å². The van der Waals surface area contributed by atoms with E-state index in [-0.39, 0.29) is 28.7 Å². The van der Waals surface area contributed by atoms with Gasteiger partial charge in [-0.05, 0) is 53.8 Å². The van der Waals surface area contributed by atoms with Crippen molar-refractivity contribution in [2.45, 2.75) is 43.7 Å². The van der Waals surface area contributed by atoms with E-state index in [9.17, 15) is 18.0 Å². The van der Waals surface area contributed by atoms with Crippen molar-refractivity contribution in [3.05, 3.63) is 78.4 Å². The molecule has 3 aromatic carbocycles. The Morgan fingerprint density at radius 1 is 0.886 bits per heavy atom. The van der Waals surface area contributed by atoms with Crippen molar-refractivity contribution in [3.8, 4) is 0 Å². The van der Waals surface area contributed by atoms with Gasteiger partial charge >= 0.3 is 0 Å². The lowest BCUT2D eigenvalue weighted by molar-refractivity contribution is -0.135. The van der Waals surface area contributed by atoms with Gasteiger partial charge in [0.05, 0.1) is 4.90 Å². The second-order valence-corrected chi connectivity index (χ2v) is 11.0. The van der Waals surface area contributed by atoms with E-state index >= 15 is 0 Å². The summed E-state index contributed by atoms with van der Waals surface area (Å²) >= 11 is 0. The molecule has 1 aliphatic heterocycles. The lowest BCUT2D eigenvalue weighted by Crippen LogP contribution is -2.54. The predicted octanol–water partition coefficient (Wildman–Crippen LogP) is 3.56. The zero-order chi connectivity index (χ0) is 25.0. The molecule has 2 amide bonds. The van der Waals surface area contributed by atoms with Crippen LogP contribution < -0.4 is 10.0 Å². The fourth-order valence-corrected chi connectivity index (χ4v) is 5.71. The summed E-state index contributed by atoms with van der Waals surface area (Å²) in [5, 5.41) is 4.80. The number of carbonyl (C=O) groups is 2. The zero-order valence-corrected chi connectivity index (χ0v) is 20.8. The first-order valence-corrected chi connectivity index (χ1v) is 13.4. The molecule has 4 rings (SSSR count). The van der Waals surface area contributed by atoms with Crippen LogP contribution in [0.5, 0.6) is 0 Å². The van der Waals surface area contributed by atoms with Crippen LogP contribution in [0, 0.1) is 5.92 Å². The van der Waals surface area contributed by atoms with Crippen LogP contribution in [-0.2, 0) is 14.8 Å². The molecule has 0 aromatic heterocycles. The van der Waals surface area contributed by atoms with Gasteiger partial charge in [0, 0.05) is 24.7 Å². The zero-order valence-electron chi connectivity index (χ0n) is 20.0. The summed E-state index contributed by atoms with van der Waals surface area (Å²) < 4.78 is 29.0. The van der Waals surface area contributed by atoms with E-state index in [1.807, 2.05) is 56.3 Å². The van der Waals surface area contributed by atoms with Crippen molar-refractivity contribution in [2.75, 3.05) is 13.1 Å². The summed E-state index contributed by atoms with van der Waals surface area (Å²) in [6.07, 6.45) is 1.24. The van der Waals surface area contributed by atoms with Crippen LogP contribution in [-0.4, -0.2) is 50.3 Å². The van der Waals surface area contributed by atoms with E-state index in [1.54, 1.807) is 35.2 Å². The van der Waals surface area contributed by atoms with Gasteiger partial charge in [0.25, 0.3) is 5.91 Å². The number of sulfonamides is 1. The minimum absolute atomic E-state index is 0.0291. The van der Waals surface area contributed by atoms with Crippen LogP contribution in [0.2, 0.25) is 0 Å². The van der Waals surface area contributed by atoms with Crippen molar-refractivity contribution >= 4 is 32.6 Å². The Bertz CT molecular complexity index is 1300. The highest BCUT2D eigenvalue weighted by Crippen LogP contribution is 2.21. The molecule has 0 radical (unpaired) electrons. The molecule has 8 heteroatoms. The average molecular weight is 494 g/mol. The predicted molar refractivity (Wildman–Crippen MR) is 136 cm³/mol. The van der Waals surface area contributed by atoms with Crippen molar-refractivity contribution in [2.24, 2.45) is 5.92 Å². The van der Waals surface area contributed by atoms with Gasteiger partial charge in [-0.1, -0.05) is 62.4 Å². The lowest BCUT2D eigenvalue weighted by atomic mass is 10.00. The van der Waals surface area contributed by atoms with E-state index < -0.39 is 16.1 Å². The fourth-order valence-electron chi connectivity index (χ4n) is 4.34. The molecular weight excluding hydrogens is 462 g/mol. The second kappa shape index (κ2) is 10.6. The van der Waals surface area contributed by atoms with Crippen LogP contribution in [0.25, 0.3) is 10.8 Å². The van der Waals surface area contributed by atoms with Gasteiger partial charge in [0.1, 0.15) is 6.04 Å². The van der Waals surface area contributed by atoms with E-state index in [0.29, 0.717) is 31.5 Å². The number of benzene rings is 3. The molecule has 35 heavy (non-hydrogen) atoms. The van der Waals surface area contributed by atoms with Gasteiger partial charge in [-0.3, -0.25) is 9.59 Å². The Balaban J connectivity index is 1.40. The lowest BCUT2D eigenvalue weighted by Gasteiger charge is -2.35. The van der Waals surface area contributed by atoms with Gasteiger partial charge in [-0.2, -0.15) is 4.72 Å². The number of nitrogens with zero attached hydrogens (tertiary/aromatic N) is 1. The molecule has 184 valence electrons. The second-order valence-electron chi connectivity index (χ2n) is 9.29. The molecule has 1 unspecified atom stereocenters. The van der Waals surface area contributed by atoms with E-state index in [0.717, 1.165) is 10.8 Å². The molecule has 2 N–H and O–H groups in total. The normalized spacial score (nSPS) is 15.8. The van der Waals surface area contributed by atoms with Crippen molar-refractivity contribution in [1.29, 1.82) is 0 Å². The molecule has 0 spiro atoms. The number of hydrogen-bond donors (Lipinski definition) is 2. The highest BCUT2D eigenvalue weighted by atomic mass is 32.2. The first kappa shape index (κ1) is 24.9. The molecule has 7 nitrogen and oxygen atoms in total. The molecule has 0 aliphatic carbocycles. The minimum Gasteiger partial charge on any atom is -0.349 e. The largest absolute Gasteiger partial charge is 0.349 e. The number of rotatable bonds is 7. The molecule has 1 saturated heterocycles. The number of piperidine rings is 1. The summed E-state index contributed by atoms with van der Waals surface area (Å²) in [6.45, 7) is 4.58. The van der Waals surface area contributed by atoms with Crippen LogP contribution in [0.1, 0.15) is 37.0 Å². The fraction of sp³-hybridized carbons (Fsp3) is 0.333. The van der Waals surface area contributed by atoms with Crippen LogP contribution in [0.4, 0.5) is 0 Å². The molecule has 1 atom stereocenters. The van der Waals surface area contributed by atoms with Gasteiger partial charge in [-0.25, -0.2) is 8.42 Å². The standard InChI is InChI=1S/C27H31N3O4S/c1-19(2)25(29-35(33,34)24-13-12-20-8-6-7-11-22(20)18-24)27(32)30-16-14-23(15-17-30)28-26(31)21-9-4-3-5-10-21/h3-13,18-19,23,25,29H,14-17H2,1-2H3,(H,28,31). The Morgan fingerprint density at radius 3 is 2.17 bits per heavy atom. The first-order chi connectivity index (χ1) is 16.7. The number of fused-ring (bicyclic) bond motifs is 1. The van der Waals surface area contributed by atoms with Gasteiger partial charge in [0.2, 0.25) is 15.9 Å². The molecule has 0 saturated carbocycles. The molecule has 1 aliphatic rings. The maximum atomic E-state index is 13.3. The van der Waals surface area contributed by atoms with Crippen molar-refractivity contribution < 1.29 is 18.0 Å². The third-order valence-electron chi connectivity index (χ3n) is 6.42. The molecule has 0 bridgehead atoms. The Morgan fingerprint density at radius 2 is 1.51 bits per heavy atom. The third-order valence-corrected chi connectivity index (χ3v) is 7.86. The van der Waals surface area contributed by atoms with E-state index in [2.05, 4.69) is 10.0 Å². The number of likely N-dealkylation sites (tertiary alicyclic amines) is 1. The van der Waals surface area contributed by atoms with Crippen LogP contribution in [0.3, 0.4) is 0 Å². The summed E-state index contributed by atoms with van der Waals surface area (Å²) in [5.74, 6) is -0.594. The first-order valence-electron chi connectivity index (χ1n) is 11.9. The smallest absolute Gasteiger partial charge is 0.251 e. The van der Waals surface area contributed by atoms with E-state index in [4.69, 9.17) is 0 Å². The Kier molecular flexibility index (Phi) is 7.52. The topological polar surface area (TPSA) is 95.6 Å². The minimum atomic E-state index is -3.89. The van der Waals surface area contributed by atoms with Gasteiger partial charge in [-0.15, -0.1) is 0 Å². The number of hydrogen-bond acceptors (Lipinski definition) is 4. The van der Waals surface area contributed by atoms with E-state index in [1.165, 1.54) is 0 Å². The van der Waals surface area contributed by atoms with Crippen LogP contribution >= 0.6 is 0 Å².